The molecule has 208 valence electrons. The van der Waals surface area contributed by atoms with Crippen molar-refractivity contribution in [1.29, 1.82) is 0 Å². The summed E-state index contributed by atoms with van der Waals surface area (Å²) >= 11 is 0. The van der Waals surface area contributed by atoms with E-state index in [0.717, 1.165) is 38.5 Å². The molecule has 0 bridgehead atoms. The molecule has 0 aromatic rings. The van der Waals surface area contributed by atoms with Crippen LogP contribution in [-0.2, 0) is 4.79 Å². The first kappa shape index (κ1) is 28.2. The SMILES string of the molecule is CC(CCC(=O)NC(CO)(CO)CO)C1CCC2C3C(O)CC4CC(O)CCC4(C)C3CC(O)C12C. The van der Waals surface area contributed by atoms with E-state index in [9.17, 15) is 35.4 Å². The Bertz CT molecular complexity index is 782. The summed E-state index contributed by atoms with van der Waals surface area (Å²) in [7, 11) is 0. The van der Waals surface area contributed by atoms with Crippen LogP contribution in [0.5, 0.6) is 0 Å². The number of fused-ring (bicyclic) bond motifs is 5. The van der Waals surface area contributed by atoms with Crippen molar-refractivity contribution in [2.45, 2.75) is 102 Å². The Morgan fingerprint density at radius 2 is 1.64 bits per heavy atom. The fourth-order valence-electron chi connectivity index (χ4n) is 9.32. The van der Waals surface area contributed by atoms with E-state index in [0.29, 0.717) is 18.8 Å². The molecule has 4 fully saturated rings. The number of amides is 1. The standard InChI is InChI=1S/C28H49NO7/c1-16(4-7-24(36)29-28(13-30,14-31)15-32)19-5-6-20-25-21(12-23(35)27(19,20)3)26(2)9-8-18(33)10-17(26)11-22(25)34/h16-23,25,30-35H,4-15H2,1-3H3,(H,29,36). The van der Waals surface area contributed by atoms with Crippen LogP contribution in [0.25, 0.3) is 0 Å². The fraction of sp³-hybridized carbons (Fsp3) is 0.964. The summed E-state index contributed by atoms with van der Waals surface area (Å²) in [5.74, 6) is 1.05. The van der Waals surface area contributed by atoms with Gasteiger partial charge in [-0.05, 0) is 97.7 Å². The van der Waals surface area contributed by atoms with Gasteiger partial charge in [0.1, 0.15) is 5.54 Å². The van der Waals surface area contributed by atoms with Crippen molar-refractivity contribution in [2.75, 3.05) is 19.8 Å². The largest absolute Gasteiger partial charge is 0.394 e. The minimum absolute atomic E-state index is 0.0475. The third-order valence-corrected chi connectivity index (χ3v) is 11.7. The number of rotatable bonds is 8. The molecule has 0 radical (unpaired) electrons. The molecule has 0 heterocycles. The summed E-state index contributed by atoms with van der Waals surface area (Å²) in [5.41, 5.74) is -1.69. The normalized spacial score (nSPS) is 45.4. The molecule has 8 heteroatoms. The molecule has 1 amide bonds. The van der Waals surface area contributed by atoms with Gasteiger partial charge in [-0.3, -0.25) is 4.79 Å². The smallest absolute Gasteiger partial charge is 0.220 e. The molecule has 11 atom stereocenters. The van der Waals surface area contributed by atoms with Gasteiger partial charge < -0.3 is 36.0 Å². The monoisotopic (exact) mass is 511 g/mol. The summed E-state index contributed by atoms with van der Waals surface area (Å²) < 4.78 is 0. The van der Waals surface area contributed by atoms with Crippen LogP contribution in [0.15, 0.2) is 0 Å². The average molecular weight is 512 g/mol. The summed E-state index contributed by atoms with van der Waals surface area (Å²) in [6, 6.07) is 0. The van der Waals surface area contributed by atoms with E-state index in [1.807, 2.05) is 0 Å². The highest BCUT2D eigenvalue weighted by Crippen LogP contribution is 2.68. The van der Waals surface area contributed by atoms with Gasteiger partial charge in [0, 0.05) is 6.42 Å². The van der Waals surface area contributed by atoms with Crippen LogP contribution in [0, 0.1) is 46.3 Å². The second-order valence-corrected chi connectivity index (χ2v) is 13.3. The van der Waals surface area contributed by atoms with Gasteiger partial charge in [-0.25, -0.2) is 0 Å². The molecule has 4 aliphatic carbocycles. The molecular formula is C28H49NO7. The number of nitrogens with one attached hydrogen (secondary N) is 1. The highest BCUT2D eigenvalue weighted by Gasteiger charge is 2.65. The lowest BCUT2D eigenvalue weighted by atomic mass is 9.43. The Morgan fingerprint density at radius 1 is 0.972 bits per heavy atom. The molecule has 0 aliphatic heterocycles. The van der Waals surface area contributed by atoms with Crippen LogP contribution < -0.4 is 5.32 Å². The van der Waals surface area contributed by atoms with Crippen molar-refractivity contribution in [2.24, 2.45) is 46.3 Å². The molecule has 8 nitrogen and oxygen atoms in total. The predicted molar refractivity (Wildman–Crippen MR) is 135 cm³/mol. The maximum atomic E-state index is 12.6. The van der Waals surface area contributed by atoms with Crippen LogP contribution in [0.3, 0.4) is 0 Å². The maximum absolute atomic E-state index is 12.6. The number of hydrogen-bond donors (Lipinski definition) is 7. The van der Waals surface area contributed by atoms with Gasteiger partial charge in [0.15, 0.2) is 0 Å². The number of aliphatic hydroxyl groups is 6. The first-order valence-electron chi connectivity index (χ1n) is 14.1. The lowest BCUT2D eigenvalue weighted by Gasteiger charge is -2.63. The van der Waals surface area contributed by atoms with E-state index in [1.165, 1.54) is 0 Å². The lowest BCUT2D eigenvalue weighted by Crippen LogP contribution is -2.62. The number of carbonyl (C=O) groups excluding carboxylic acids is 1. The summed E-state index contributed by atoms with van der Waals surface area (Å²) in [6.45, 7) is 5.05. The molecule has 36 heavy (non-hydrogen) atoms. The molecule has 0 aromatic carbocycles. The summed E-state index contributed by atoms with van der Waals surface area (Å²) in [5, 5.41) is 64.4. The van der Waals surface area contributed by atoms with Gasteiger partial charge in [-0.2, -0.15) is 0 Å². The van der Waals surface area contributed by atoms with Crippen molar-refractivity contribution < 1.29 is 35.4 Å². The van der Waals surface area contributed by atoms with Crippen molar-refractivity contribution in [3.05, 3.63) is 0 Å². The van der Waals surface area contributed by atoms with Crippen LogP contribution >= 0.6 is 0 Å². The Balaban J connectivity index is 1.46. The molecule has 4 aliphatic rings. The van der Waals surface area contributed by atoms with Gasteiger partial charge in [-0.15, -0.1) is 0 Å². The van der Waals surface area contributed by atoms with Crippen LogP contribution in [0.1, 0.15) is 78.6 Å². The second-order valence-electron chi connectivity index (χ2n) is 13.3. The van der Waals surface area contributed by atoms with Crippen molar-refractivity contribution >= 4 is 5.91 Å². The third-order valence-electron chi connectivity index (χ3n) is 11.7. The van der Waals surface area contributed by atoms with Gasteiger partial charge in [-0.1, -0.05) is 20.8 Å². The number of carbonyl (C=O) groups is 1. The molecule has 0 spiro atoms. The molecule has 0 saturated heterocycles. The maximum Gasteiger partial charge on any atom is 0.220 e. The predicted octanol–water partition coefficient (Wildman–Crippen LogP) is 1.20. The van der Waals surface area contributed by atoms with Gasteiger partial charge in [0.2, 0.25) is 5.91 Å². The summed E-state index contributed by atoms with van der Waals surface area (Å²) in [6.07, 6.45) is 5.54. The van der Waals surface area contributed by atoms with Crippen molar-refractivity contribution in [3.8, 4) is 0 Å². The van der Waals surface area contributed by atoms with Crippen molar-refractivity contribution in [1.82, 2.24) is 5.32 Å². The van der Waals surface area contributed by atoms with E-state index in [-0.39, 0.29) is 58.9 Å². The van der Waals surface area contributed by atoms with Crippen LogP contribution in [0.4, 0.5) is 0 Å². The molecule has 4 saturated carbocycles. The van der Waals surface area contributed by atoms with E-state index in [2.05, 4.69) is 26.1 Å². The molecule has 7 N–H and O–H groups in total. The molecular weight excluding hydrogens is 462 g/mol. The topological polar surface area (TPSA) is 150 Å². The quantitative estimate of drug-likeness (QED) is 0.259. The second kappa shape index (κ2) is 10.4. The van der Waals surface area contributed by atoms with E-state index in [1.54, 1.807) is 0 Å². The number of hydrogen-bond acceptors (Lipinski definition) is 7. The highest BCUT2D eigenvalue weighted by molar-refractivity contribution is 5.76. The molecule has 11 unspecified atom stereocenters. The van der Waals surface area contributed by atoms with E-state index in [4.69, 9.17) is 0 Å². The third kappa shape index (κ3) is 4.54. The summed E-state index contributed by atoms with van der Waals surface area (Å²) in [4.78, 5) is 12.6. The zero-order valence-electron chi connectivity index (χ0n) is 22.3. The minimum atomic E-state index is -1.42. The van der Waals surface area contributed by atoms with Gasteiger partial charge >= 0.3 is 0 Å². The first-order chi connectivity index (χ1) is 17.0. The average Bonchev–Trinajstić information content (AvgIpc) is 3.21. The Labute approximate surface area is 215 Å². The van der Waals surface area contributed by atoms with Crippen LogP contribution in [-0.4, -0.2) is 80.2 Å². The Hall–Kier alpha value is -0.770. The van der Waals surface area contributed by atoms with Crippen LogP contribution in [0.2, 0.25) is 0 Å². The molecule has 4 rings (SSSR count). The minimum Gasteiger partial charge on any atom is -0.394 e. The highest BCUT2D eigenvalue weighted by atomic mass is 16.3. The zero-order valence-corrected chi connectivity index (χ0v) is 22.3. The Morgan fingerprint density at radius 3 is 2.28 bits per heavy atom. The van der Waals surface area contributed by atoms with E-state index < -0.39 is 37.6 Å². The lowest BCUT2D eigenvalue weighted by molar-refractivity contribution is -0.207. The Kier molecular flexibility index (Phi) is 8.17. The number of aliphatic hydroxyl groups excluding tert-OH is 6. The molecule has 0 aromatic heterocycles. The van der Waals surface area contributed by atoms with E-state index >= 15 is 0 Å². The van der Waals surface area contributed by atoms with Crippen molar-refractivity contribution in [3.63, 3.8) is 0 Å². The zero-order chi connectivity index (χ0) is 26.5. The fourth-order valence-corrected chi connectivity index (χ4v) is 9.32. The first-order valence-corrected chi connectivity index (χ1v) is 14.1. The van der Waals surface area contributed by atoms with Gasteiger partial charge in [0.05, 0.1) is 38.1 Å². The van der Waals surface area contributed by atoms with Gasteiger partial charge in [0.25, 0.3) is 0 Å².